The van der Waals surface area contributed by atoms with Crippen molar-refractivity contribution in [1.29, 1.82) is 0 Å². The molecule has 242 valence electrons. The predicted molar refractivity (Wildman–Crippen MR) is 170 cm³/mol. The molecule has 0 amide bonds. The van der Waals surface area contributed by atoms with Crippen molar-refractivity contribution in [2.45, 2.75) is 69.7 Å². The molecular weight excluding hydrogens is 595 g/mol. The van der Waals surface area contributed by atoms with Crippen LogP contribution >= 0.6 is 0 Å². The number of hydrogen-bond donors (Lipinski definition) is 2. The molecule has 4 aromatic rings. The number of aromatic nitrogens is 2. The third kappa shape index (κ3) is 5.22. The van der Waals surface area contributed by atoms with E-state index in [9.17, 15) is 9.50 Å². The van der Waals surface area contributed by atoms with Crippen molar-refractivity contribution < 1.29 is 27.8 Å². The molecule has 8 nitrogen and oxygen atoms in total. The molecule has 4 atom stereocenters. The number of morpholine rings is 1. The lowest BCUT2D eigenvalue weighted by atomic mass is 9.91. The van der Waals surface area contributed by atoms with E-state index in [4.69, 9.17) is 14.5 Å². The number of aromatic hydroxyl groups is 1. The SMILES string of the molecule is CCc1c(F)ccc2cc(O)cc(-c3c(F)cc4c(N5CC6CCC(C5)N6)nc(OCCCN5CC6CCC5CO6)nc4c3F)c12. The van der Waals surface area contributed by atoms with Crippen molar-refractivity contribution in [2.75, 3.05) is 44.3 Å². The molecule has 3 aromatic carbocycles. The molecule has 0 saturated carbocycles. The number of nitrogens with zero attached hydrogens (tertiary/aromatic N) is 4. The van der Waals surface area contributed by atoms with Gasteiger partial charge in [-0.1, -0.05) is 13.0 Å². The summed E-state index contributed by atoms with van der Waals surface area (Å²) in [5, 5.41) is 15.3. The van der Waals surface area contributed by atoms with E-state index < -0.39 is 17.5 Å². The van der Waals surface area contributed by atoms with Crippen molar-refractivity contribution in [3.8, 4) is 22.9 Å². The maximum Gasteiger partial charge on any atom is 0.319 e. The van der Waals surface area contributed by atoms with Crippen molar-refractivity contribution >= 4 is 27.5 Å². The van der Waals surface area contributed by atoms with E-state index in [1.165, 1.54) is 30.3 Å². The zero-order chi connectivity index (χ0) is 31.5. The minimum absolute atomic E-state index is 0.0365. The molecule has 5 saturated heterocycles. The Morgan fingerprint density at radius 3 is 2.54 bits per heavy atom. The fraction of sp³-hybridized carbons (Fsp3) is 0.486. The van der Waals surface area contributed by atoms with Crippen LogP contribution in [0.4, 0.5) is 19.0 Å². The normalized spacial score (nSPS) is 24.4. The first-order chi connectivity index (χ1) is 22.4. The van der Waals surface area contributed by atoms with Crippen molar-refractivity contribution in [2.24, 2.45) is 0 Å². The Morgan fingerprint density at radius 1 is 1.00 bits per heavy atom. The van der Waals surface area contributed by atoms with Crippen molar-refractivity contribution in [3.05, 3.63) is 53.3 Å². The van der Waals surface area contributed by atoms with Gasteiger partial charge in [0.2, 0.25) is 0 Å². The van der Waals surface area contributed by atoms with Crippen LogP contribution in [0.15, 0.2) is 30.3 Å². The number of fused-ring (bicyclic) bond motifs is 7. The second kappa shape index (κ2) is 11.8. The van der Waals surface area contributed by atoms with Gasteiger partial charge in [-0.05, 0) is 84.7 Å². The Kier molecular flexibility index (Phi) is 7.65. The van der Waals surface area contributed by atoms with Crippen LogP contribution in [0.2, 0.25) is 0 Å². The topological polar surface area (TPSA) is 83.0 Å². The van der Waals surface area contributed by atoms with Gasteiger partial charge in [0.05, 0.1) is 24.9 Å². The van der Waals surface area contributed by atoms with E-state index in [0.29, 0.717) is 60.4 Å². The number of benzene rings is 3. The second-order valence-corrected chi connectivity index (χ2v) is 13.2. The minimum atomic E-state index is -0.899. The summed E-state index contributed by atoms with van der Waals surface area (Å²) < 4.78 is 59.9. The van der Waals surface area contributed by atoms with Crippen LogP contribution in [-0.2, 0) is 11.2 Å². The van der Waals surface area contributed by atoms with Crippen LogP contribution in [0.3, 0.4) is 0 Å². The molecule has 0 aliphatic carbocycles. The molecule has 5 aliphatic rings. The van der Waals surface area contributed by atoms with Gasteiger partial charge >= 0.3 is 6.01 Å². The molecule has 6 heterocycles. The van der Waals surface area contributed by atoms with Gasteiger partial charge in [-0.15, -0.1) is 0 Å². The number of rotatable bonds is 8. The average molecular weight is 634 g/mol. The molecule has 2 N–H and O–H groups in total. The van der Waals surface area contributed by atoms with E-state index in [2.05, 4.69) is 20.1 Å². The summed E-state index contributed by atoms with van der Waals surface area (Å²) in [4.78, 5) is 13.8. The highest BCUT2D eigenvalue weighted by Crippen LogP contribution is 2.42. The molecule has 11 heteroatoms. The number of aryl methyl sites for hydroxylation is 1. The maximum atomic E-state index is 16.8. The standard InChI is InChI=1S/C35H38F3N5O3/c1-2-25-28(36)9-4-19-12-23(44)13-26(30(19)25)31-29(37)14-27-33(32(31)38)40-35(41-34(27)43-15-20-5-6-21(16-43)39-20)45-11-3-10-42-17-24-8-7-22(42)18-46-24/h4,9,12-14,20-22,24,39,44H,2-3,5-8,10-11,15-18H2,1H3. The number of piperidine rings is 1. The summed E-state index contributed by atoms with van der Waals surface area (Å²) >= 11 is 0. The summed E-state index contributed by atoms with van der Waals surface area (Å²) in [6.45, 7) is 6.00. The molecule has 0 spiro atoms. The third-order valence-corrected chi connectivity index (χ3v) is 10.3. The van der Waals surface area contributed by atoms with E-state index in [-0.39, 0.29) is 45.9 Å². The van der Waals surface area contributed by atoms with Crippen LogP contribution in [-0.4, -0.2) is 83.6 Å². The Hall–Kier alpha value is -3.67. The Bertz CT molecular complexity index is 1800. The summed E-state index contributed by atoms with van der Waals surface area (Å²) in [5.41, 5.74) is -0.0414. The number of ether oxygens (including phenoxy) is 2. The molecule has 1 aromatic heterocycles. The number of hydrogen-bond acceptors (Lipinski definition) is 8. The van der Waals surface area contributed by atoms with Crippen LogP contribution in [0.1, 0.15) is 44.6 Å². The highest BCUT2D eigenvalue weighted by Gasteiger charge is 2.36. The summed E-state index contributed by atoms with van der Waals surface area (Å²) in [7, 11) is 0. The van der Waals surface area contributed by atoms with Gasteiger partial charge in [0.1, 0.15) is 28.7 Å². The summed E-state index contributed by atoms with van der Waals surface area (Å²) in [6, 6.07) is 7.87. The van der Waals surface area contributed by atoms with Crippen LogP contribution < -0.4 is 15.0 Å². The zero-order valence-corrected chi connectivity index (χ0v) is 25.9. The number of anilines is 1. The first-order valence-corrected chi connectivity index (χ1v) is 16.5. The first kappa shape index (κ1) is 29.7. The molecule has 4 unspecified atom stereocenters. The average Bonchev–Trinajstić information content (AvgIpc) is 3.40. The monoisotopic (exact) mass is 633 g/mol. The van der Waals surface area contributed by atoms with Gasteiger partial charge in [0.25, 0.3) is 0 Å². The highest BCUT2D eigenvalue weighted by molar-refractivity contribution is 6.03. The van der Waals surface area contributed by atoms with E-state index in [0.717, 1.165) is 51.8 Å². The van der Waals surface area contributed by atoms with Gasteiger partial charge in [0, 0.05) is 49.7 Å². The largest absolute Gasteiger partial charge is 0.508 e. The predicted octanol–water partition coefficient (Wildman–Crippen LogP) is 5.71. The molecule has 5 fully saturated rings. The smallest absolute Gasteiger partial charge is 0.319 e. The molecule has 4 bridgehead atoms. The molecule has 46 heavy (non-hydrogen) atoms. The lowest BCUT2D eigenvalue weighted by Gasteiger charge is -2.45. The zero-order valence-electron chi connectivity index (χ0n) is 25.9. The van der Waals surface area contributed by atoms with Crippen molar-refractivity contribution in [1.82, 2.24) is 20.2 Å². The Labute approximate surface area is 265 Å². The van der Waals surface area contributed by atoms with E-state index in [1.54, 1.807) is 6.92 Å². The van der Waals surface area contributed by atoms with Gasteiger partial charge in [-0.25, -0.2) is 13.2 Å². The summed E-state index contributed by atoms with van der Waals surface area (Å²) in [5.74, 6) is -1.94. The van der Waals surface area contributed by atoms with E-state index in [1.807, 2.05) is 0 Å². The van der Waals surface area contributed by atoms with Crippen LogP contribution in [0, 0.1) is 17.5 Å². The first-order valence-electron chi connectivity index (χ1n) is 16.5. The fourth-order valence-electron chi connectivity index (χ4n) is 8.06. The van der Waals surface area contributed by atoms with Gasteiger partial charge < -0.3 is 24.8 Å². The second-order valence-electron chi connectivity index (χ2n) is 13.2. The number of halogens is 3. The quantitative estimate of drug-likeness (QED) is 0.239. The number of nitrogens with one attached hydrogen (secondary N) is 1. The van der Waals surface area contributed by atoms with Gasteiger partial charge in [-0.3, -0.25) is 4.90 Å². The number of piperazine rings is 1. The van der Waals surface area contributed by atoms with Gasteiger partial charge in [0.15, 0.2) is 5.82 Å². The Morgan fingerprint density at radius 2 is 1.83 bits per heavy atom. The minimum Gasteiger partial charge on any atom is -0.508 e. The lowest BCUT2D eigenvalue weighted by Crippen LogP contribution is -2.54. The lowest BCUT2D eigenvalue weighted by molar-refractivity contribution is -0.106. The molecule has 5 aliphatic heterocycles. The Balaban J connectivity index is 1.19. The maximum absolute atomic E-state index is 16.8. The van der Waals surface area contributed by atoms with Crippen LogP contribution in [0.25, 0.3) is 32.8 Å². The van der Waals surface area contributed by atoms with Crippen molar-refractivity contribution in [3.63, 3.8) is 0 Å². The molecular formula is C35H38F3N5O3. The van der Waals surface area contributed by atoms with Crippen LogP contribution in [0.5, 0.6) is 11.8 Å². The number of phenolic OH excluding ortho intramolecular Hbond substituents is 1. The fourth-order valence-corrected chi connectivity index (χ4v) is 8.06. The highest BCUT2D eigenvalue weighted by atomic mass is 19.1. The molecule has 0 radical (unpaired) electrons. The van der Waals surface area contributed by atoms with E-state index >= 15 is 8.78 Å². The molecule has 9 rings (SSSR count). The summed E-state index contributed by atoms with van der Waals surface area (Å²) in [6.07, 6.45) is 5.68. The third-order valence-electron chi connectivity index (χ3n) is 10.3. The number of phenols is 1. The van der Waals surface area contributed by atoms with Gasteiger partial charge in [-0.2, -0.15) is 9.97 Å².